The highest BCUT2D eigenvalue weighted by Crippen LogP contribution is 2.31. The van der Waals surface area contributed by atoms with Gasteiger partial charge in [-0.15, -0.1) is 0 Å². The summed E-state index contributed by atoms with van der Waals surface area (Å²) in [6.07, 6.45) is 1.53. The summed E-state index contributed by atoms with van der Waals surface area (Å²) in [5.41, 5.74) is 1.20. The first-order valence-electron chi connectivity index (χ1n) is 6.88. The second-order valence-electron chi connectivity index (χ2n) is 5.52. The van der Waals surface area contributed by atoms with Gasteiger partial charge in [0.2, 0.25) is 0 Å². The number of piperidine rings is 1. The highest BCUT2D eigenvalue weighted by Gasteiger charge is 2.25. The average Bonchev–Trinajstić information content (AvgIpc) is 2.37. The second-order valence-corrected chi connectivity index (χ2v) is 5.52. The van der Waals surface area contributed by atoms with Crippen LogP contribution in [-0.4, -0.2) is 43.2 Å². The van der Waals surface area contributed by atoms with Gasteiger partial charge in [-0.05, 0) is 39.4 Å². The highest BCUT2D eigenvalue weighted by atomic mass is 19.1. The van der Waals surface area contributed by atoms with Gasteiger partial charge in [-0.2, -0.15) is 0 Å². The molecular formula is C15H23FN2O. The maximum atomic E-state index is 14.1. The predicted molar refractivity (Wildman–Crippen MR) is 76.0 cm³/mol. The first-order valence-corrected chi connectivity index (χ1v) is 6.88. The molecule has 1 aliphatic heterocycles. The van der Waals surface area contributed by atoms with Crippen LogP contribution in [0.15, 0.2) is 18.2 Å². The molecule has 1 N–H and O–H groups in total. The van der Waals surface area contributed by atoms with Crippen LogP contribution in [0.25, 0.3) is 0 Å². The van der Waals surface area contributed by atoms with Crippen LogP contribution in [0.1, 0.15) is 31.4 Å². The SMILES string of the molecule is C[C@@H](O)c1cccc(F)c1N(C)C1CCCN(C)C1. The van der Waals surface area contributed by atoms with Gasteiger partial charge in [0.15, 0.2) is 0 Å². The molecule has 1 heterocycles. The molecule has 3 nitrogen and oxygen atoms in total. The molecule has 0 spiro atoms. The van der Waals surface area contributed by atoms with E-state index in [9.17, 15) is 9.50 Å². The van der Waals surface area contributed by atoms with Crippen LogP contribution in [0.3, 0.4) is 0 Å². The molecule has 0 aliphatic carbocycles. The molecule has 2 atom stereocenters. The molecule has 0 amide bonds. The normalized spacial score (nSPS) is 22.3. The smallest absolute Gasteiger partial charge is 0.146 e. The number of hydrogen-bond donors (Lipinski definition) is 1. The molecule has 1 aromatic carbocycles. The summed E-state index contributed by atoms with van der Waals surface area (Å²) < 4.78 is 14.1. The third-order valence-corrected chi connectivity index (χ3v) is 3.97. The number of halogens is 1. The van der Waals surface area contributed by atoms with Crippen molar-refractivity contribution in [1.82, 2.24) is 4.90 Å². The number of hydrogen-bond acceptors (Lipinski definition) is 3. The molecular weight excluding hydrogens is 243 g/mol. The van der Waals surface area contributed by atoms with Crippen molar-refractivity contribution >= 4 is 5.69 Å². The van der Waals surface area contributed by atoms with Crippen LogP contribution in [0.4, 0.5) is 10.1 Å². The Labute approximate surface area is 114 Å². The van der Waals surface area contributed by atoms with E-state index in [-0.39, 0.29) is 5.82 Å². The maximum absolute atomic E-state index is 14.1. The molecule has 4 heteroatoms. The third-order valence-electron chi connectivity index (χ3n) is 3.97. The topological polar surface area (TPSA) is 26.7 Å². The minimum absolute atomic E-state index is 0.255. The van der Waals surface area contributed by atoms with E-state index in [1.54, 1.807) is 19.1 Å². The Bertz CT molecular complexity index is 436. The Hall–Kier alpha value is -1.13. The quantitative estimate of drug-likeness (QED) is 0.910. The van der Waals surface area contributed by atoms with Gasteiger partial charge >= 0.3 is 0 Å². The lowest BCUT2D eigenvalue weighted by Crippen LogP contribution is -2.45. The van der Waals surface area contributed by atoms with E-state index in [1.165, 1.54) is 6.07 Å². The van der Waals surface area contributed by atoms with E-state index in [0.717, 1.165) is 25.9 Å². The van der Waals surface area contributed by atoms with Gasteiger partial charge in [0, 0.05) is 25.2 Å². The predicted octanol–water partition coefficient (Wildman–Crippen LogP) is 2.41. The largest absolute Gasteiger partial charge is 0.389 e. The van der Waals surface area contributed by atoms with Gasteiger partial charge in [0.1, 0.15) is 5.82 Å². The lowest BCUT2D eigenvalue weighted by molar-refractivity contribution is 0.198. The number of para-hydroxylation sites is 1. The standard InChI is InChI=1S/C15H23FN2O/c1-11(19)13-7-4-8-14(16)15(13)18(3)12-6-5-9-17(2)10-12/h4,7-8,11-12,19H,5-6,9-10H2,1-3H3/t11-,12?/m1/s1. The molecule has 0 radical (unpaired) electrons. The molecule has 1 aliphatic rings. The molecule has 2 rings (SSSR count). The summed E-state index contributed by atoms with van der Waals surface area (Å²) in [7, 11) is 4.02. The van der Waals surface area contributed by atoms with E-state index in [2.05, 4.69) is 11.9 Å². The fourth-order valence-corrected chi connectivity index (χ4v) is 2.88. The van der Waals surface area contributed by atoms with Crippen molar-refractivity contribution in [2.24, 2.45) is 0 Å². The zero-order valence-corrected chi connectivity index (χ0v) is 11.9. The van der Waals surface area contributed by atoms with Gasteiger partial charge in [0.05, 0.1) is 11.8 Å². The molecule has 19 heavy (non-hydrogen) atoms. The molecule has 1 unspecified atom stereocenters. The van der Waals surface area contributed by atoms with Crippen LogP contribution in [0.2, 0.25) is 0 Å². The van der Waals surface area contributed by atoms with Crippen LogP contribution < -0.4 is 4.90 Å². The number of aliphatic hydroxyl groups is 1. The maximum Gasteiger partial charge on any atom is 0.146 e. The summed E-state index contributed by atoms with van der Waals surface area (Å²) in [4.78, 5) is 4.26. The van der Waals surface area contributed by atoms with Gasteiger partial charge < -0.3 is 14.9 Å². The first kappa shape index (κ1) is 14.3. The fourth-order valence-electron chi connectivity index (χ4n) is 2.88. The summed E-state index contributed by atoms with van der Waals surface area (Å²) in [5.74, 6) is -0.255. The minimum Gasteiger partial charge on any atom is -0.389 e. The minimum atomic E-state index is -0.658. The molecule has 1 aromatic rings. The van der Waals surface area contributed by atoms with Crippen molar-refractivity contribution in [3.8, 4) is 0 Å². The molecule has 0 aromatic heterocycles. The zero-order valence-electron chi connectivity index (χ0n) is 11.9. The van der Waals surface area contributed by atoms with Crippen LogP contribution in [0.5, 0.6) is 0 Å². The van der Waals surface area contributed by atoms with E-state index in [1.807, 2.05) is 11.9 Å². The van der Waals surface area contributed by atoms with E-state index >= 15 is 0 Å². The first-order chi connectivity index (χ1) is 9.00. The highest BCUT2D eigenvalue weighted by molar-refractivity contribution is 5.56. The fraction of sp³-hybridized carbons (Fsp3) is 0.600. The number of benzene rings is 1. The molecule has 1 fully saturated rings. The van der Waals surface area contributed by atoms with Gasteiger partial charge in [-0.25, -0.2) is 4.39 Å². The van der Waals surface area contributed by atoms with Crippen molar-refractivity contribution in [2.45, 2.75) is 31.9 Å². The Kier molecular flexibility index (Phi) is 4.42. The number of nitrogens with zero attached hydrogens (tertiary/aromatic N) is 2. The van der Waals surface area contributed by atoms with Gasteiger partial charge in [-0.1, -0.05) is 12.1 Å². The summed E-state index contributed by atoms with van der Waals surface area (Å²) >= 11 is 0. The van der Waals surface area contributed by atoms with Gasteiger partial charge in [0.25, 0.3) is 0 Å². The van der Waals surface area contributed by atoms with E-state index in [0.29, 0.717) is 17.3 Å². The average molecular weight is 266 g/mol. The van der Waals surface area contributed by atoms with E-state index in [4.69, 9.17) is 0 Å². The molecule has 106 valence electrons. The van der Waals surface area contributed by atoms with Crippen LogP contribution >= 0.6 is 0 Å². The van der Waals surface area contributed by atoms with Crippen LogP contribution in [0, 0.1) is 5.82 Å². The van der Waals surface area contributed by atoms with Crippen molar-refractivity contribution in [3.63, 3.8) is 0 Å². The summed E-state index contributed by atoms with van der Waals surface area (Å²) in [6.45, 7) is 3.72. The van der Waals surface area contributed by atoms with Crippen molar-refractivity contribution in [3.05, 3.63) is 29.6 Å². The van der Waals surface area contributed by atoms with Gasteiger partial charge in [-0.3, -0.25) is 0 Å². The number of anilines is 1. The summed E-state index contributed by atoms with van der Waals surface area (Å²) in [5, 5.41) is 9.82. The molecule has 1 saturated heterocycles. The number of rotatable bonds is 3. The summed E-state index contributed by atoms with van der Waals surface area (Å²) in [6, 6.07) is 5.21. The van der Waals surface area contributed by atoms with Crippen molar-refractivity contribution in [2.75, 3.05) is 32.1 Å². The lowest BCUT2D eigenvalue weighted by atomic mass is 10.0. The molecule has 0 saturated carbocycles. The number of likely N-dealkylation sites (tertiary alicyclic amines) is 1. The Morgan fingerprint density at radius 3 is 2.84 bits per heavy atom. The monoisotopic (exact) mass is 266 g/mol. The zero-order chi connectivity index (χ0) is 14.0. The number of likely N-dealkylation sites (N-methyl/N-ethyl adjacent to an activating group) is 2. The van der Waals surface area contributed by atoms with Crippen LogP contribution in [-0.2, 0) is 0 Å². The lowest BCUT2D eigenvalue weighted by Gasteiger charge is -2.38. The Balaban J connectivity index is 2.29. The molecule has 0 bridgehead atoms. The second kappa shape index (κ2) is 5.88. The van der Waals surface area contributed by atoms with Crippen molar-refractivity contribution in [1.29, 1.82) is 0 Å². The number of aliphatic hydroxyl groups excluding tert-OH is 1. The third kappa shape index (κ3) is 3.07. The Morgan fingerprint density at radius 1 is 1.47 bits per heavy atom. The Morgan fingerprint density at radius 2 is 2.21 bits per heavy atom. The van der Waals surface area contributed by atoms with E-state index < -0.39 is 6.10 Å². The van der Waals surface area contributed by atoms with Crippen molar-refractivity contribution < 1.29 is 9.50 Å².